The van der Waals surface area contributed by atoms with Crippen molar-refractivity contribution in [3.05, 3.63) is 35.4 Å². The largest absolute Gasteiger partial charge is 0.294 e. The summed E-state index contributed by atoms with van der Waals surface area (Å²) in [6, 6.07) is 3.02. The van der Waals surface area contributed by atoms with Gasteiger partial charge < -0.3 is 0 Å². The zero-order chi connectivity index (χ0) is 10.7. The molecule has 1 atom stereocenters. The summed E-state index contributed by atoms with van der Waals surface area (Å²) in [5.41, 5.74) is -0.0271. The van der Waals surface area contributed by atoms with E-state index in [0.717, 1.165) is 12.1 Å². The summed E-state index contributed by atoms with van der Waals surface area (Å²) in [7, 11) is 0. The van der Waals surface area contributed by atoms with Crippen molar-refractivity contribution in [2.45, 2.75) is 20.3 Å². The molecule has 14 heavy (non-hydrogen) atoms. The molecule has 0 amide bonds. The highest BCUT2D eigenvalue weighted by molar-refractivity contribution is 5.97. The molecule has 0 aliphatic rings. The molecule has 0 radical (unpaired) electrons. The number of carbonyl (C=O) groups is 1. The third kappa shape index (κ3) is 2.16. The second kappa shape index (κ2) is 4.31. The summed E-state index contributed by atoms with van der Waals surface area (Å²) >= 11 is 0. The van der Waals surface area contributed by atoms with Gasteiger partial charge in [-0.1, -0.05) is 13.8 Å². The molecule has 0 spiro atoms. The molecule has 1 aromatic rings. The van der Waals surface area contributed by atoms with Gasteiger partial charge in [-0.15, -0.1) is 0 Å². The minimum atomic E-state index is -0.782. The SMILES string of the molecule is CCC(C)C(=O)c1ccc(F)cc1F. The number of halogens is 2. The Bertz CT molecular complexity index is 347. The molecule has 1 aromatic carbocycles. The number of rotatable bonds is 3. The van der Waals surface area contributed by atoms with Crippen LogP contribution in [0.25, 0.3) is 0 Å². The summed E-state index contributed by atoms with van der Waals surface area (Å²) < 4.78 is 25.7. The van der Waals surface area contributed by atoms with E-state index in [1.807, 2.05) is 6.92 Å². The summed E-state index contributed by atoms with van der Waals surface area (Å²) in [4.78, 5) is 11.5. The van der Waals surface area contributed by atoms with Gasteiger partial charge in [-0.05, 0) is 18.6 Å². The number of Topliss-reactive ketones (excluding diaryl/α,β-unsaturated/α-hetero) is 1. The lowest BCUT2D eigenvalue weighted by atomic mass is 9.97. The van der Waals surface area contributed by atoms with Gasteiger partial charge in [0.1, 0.15) is 11.6 Å². The topological polar surface area (TPSA) is 17.1 Å². The van der Waals surface area contributed by atoms with Crippen molar-refractivity contribution in [3.63, 3.8) is 0 Å². The molecular weight excluding hydrogens is 186 g/mol. The Morgan fingerprint density at radius 3 is 2.57 bits per heavy atom. The second-order valence-corrected chi connectivity index (χ2v) is 3.30. The number of hydrogen-bond donors (Lipinski definition) is 0. The quantitative estimate of drug-likeness (QED) is 0.681. The van der Waals surface area contributed by atoms with Crippen molar-refractivity contribution in [1.82, 2.24) is 0 Å². The molecule has 0 fully saturated rings. The monoisotopic (exact) mass is 198 g/mol. The average Bonchev–Trinajstić information content (AvgIpc) is 2.15. The van der Waals surface area contributed by atoms with Crippen LogP contribution in [0.3, 0.4) is 0 Å². The smallest absolute Gasteiger partial charge is 0.168 e. The van der Waals surface area contributed by atoms with E-state index in [4.69, 9.17) is 0 Å². The van der Waals surface area contributed by atoms with Gasteiger partial charge in [0.05, 0.1) is 5.56 Å². The van der Waals surface area contributed by atoms with Crippen molar-refractivity contribution in [2.75, 3.05) is 0 Å². The minimum absolute atomic E-state index is 0.0271. The van der Waals surface area contributed by atoms with Crippen LogP contribution >= 0.6 is 0 Å². The summed E-state index contributed by atoms with van der Waals surface area (Å²) in [6.07, 6.45) is 0.648. The standard InChI is InChI=1S/C11H12F2O/c1-3-7(2)11(14)9-5-4-8(12)6-10(9)13/h4-7H,3H2,1-2H3. The maximum Gasteiger partial charge on any atom is 0.168 e. The fourth-order valence-electron chi connectivity index (χ4n) is 1.14. The Labute approximate surface area is 81.7 Å². The molecule has 0 aromatic heterocycles. The predicted octanol–water partition coefficient (Wildman–Crippen LogP) is 3.19. The first kappa shape index (κ1) is 10.8. The molecule has 0 saturated carbocycles. The van der Waals surface area contributed by atoms with Crippen LogP contribution in [-0.4, -0.2) is 5.78 Å². The second-order valence-electron chi connectivity index (χ2n) is 3.30. The van der Waals surface area contributed by atoms with Gasteiger partial charge in [-0.2, -0.15) is 0 Å². The van der Waals surface area contributed by atoms with Crippen molar-refractivity contribution in [2.24, 2.45) is 5.92 Å². The molecule has 0 heterocycles. The third-order valence-electron chi connectivity index (χ3n) is 2.26. The van der Waals surface area contributed by atoms with Gasteiger partial charge in [0.25, 0.3) is 0 Å². The van der Waals surface area contributed by atoms with Crippen molar-refractivity contribution < 1.29 is 13.6 Å². The molecule has 0 N–H and O–H groups in total. The Hall–Kier alpha value is -1.25. The number of benzene rings is 1. The Morgan fingerprint density at radius 2 is 2.07 bits per heavy atom. The van der Waals surface area contributed by atoms with E-state index in [9.17, 15) is 13.6 Å². The normalized spacial score (nSPS) is 12.6. The van der Waals surface area contributed by atoms with Crippen LogP contribution in [0.15, 0.2) is 18.2 Å². The lowest BCUT2D eigenvalue weighted by molar-refractivity contribution is 0.0923. The van der Waals surface area contributed by atoms with Crippen LogP contribution in [0.2, 0.25) is 0 Å². The first-order valence-electron chi connectivity index (χ1n) is 4.55. The molecule has 3 heteroatoms. The Morgan fingerprint density at radius 1 is 1.43 bits per heavy atom. The molecule has 0 aliphatic carbocycles. The van der Waals surface area contributed by atoms with Crippen LogP contribution in [-0.2, 0) is 0 Å². The molecule has 1 rings (SSSR count). The van der Waals surface area contributed by atoms with E-state index in [1.54, 1.807) is 6.92 Å². The van der Waals surface area contributed by atoms with Crippen LogP contribution in [0.4, 0.5) is 8.78 Å². The highest BCUT2D eigenvalue weighted by Crippen LogP contribution is 2.16. The molecule has 0 saturated heterocycles. The van der Waals surface area contributed by atoms with E-state index >= 15 is 0 Å². The minimum Gasteiger partial charge on any atom is -0.294 e. The number of hydrogen-bond acceptors (Lipinski definition) is 1. The average molecular weight is 198 g/mol. The van der Waals surface area contributed by atoms with E-state index in [0.29, 0.717) is 6.42 Å². The van der Waals surface area contributed by atoms with Gasteiger partial charge >= 0.3 is 0 Å². The van der Waals surface area contributed by atoms with E-state index in [-0.39, 0.29) is 17.3 Å². The zero-order valence-corrected chi connectivity index (χ0v) is 8.18. The van der Waals surface area contributed by atoms with Gasteiger partial charge in [0.15, 0.2) is 5.78 Å². The Balaban J connectivity index is 3.02. The summed E-state index contributed by atoms with van der Waals surface area (Å²) in [5.74, 6) is -1.95. The van der Waals surface area contributed by atoms with Gasteiger partial charge in [-0.3, -0.25) is 4.79 Å². The van der Waals surface area contributed by atoms with Gasteiger partial charge in [0.2, 0.25) is 0 Å². The first-order chi connectivity index (χ1) is 6.56. The highest BCUT2D eigenvalue weighted by Gasteiger charge is 2.17. The predicted molar refractivity (Wildman–Crippen MR) is 50.1 cm³/mol. The molecule has 1 nitrogen and oxygen atoms in total. The summed E-state index contributed by atoms with van der Waals surface area (Å²) in [6.45, 7) is 3.58. The third-order valence-corrected chi connectivity index (χ3v) is 2.26. The van der Waals surface area contributed by atoms with E-state index in [1.165, 1.54) is 6.07 Å². The van der Waals surface area contributed by atoms with Gasteiger partial charge in [0, 0.05) is 12.0 Å². The first-order valence-corrected chi connectivity index (χ1v) is 4.55. The van der Waals surface area contributed by atoms with Crippen molar-refractivity contribution in [3.8, 4) is 0 Å². The Kier molecular flexibility index (Phi) is 3.33. The molecule has 76 valence electrons. The van der Waals surface area contributed by atoms with Crippen molar-refractivity contribution >= 4 is 5.78 Å². The van der Waals surface area contributed by atoms with Crippen LogP contribution < -0.4 is 0 Å². The fraction of sp³-hybridized carbons (Fsp3) is 0.364. The summed E-state index contributed by atoms with van der Waals surface area (Å²) in [5, 5.41) is 0. The number of ketones is 1. The lowest BCUT2D eigenvalue weighted by Gasteiger charge is -2.07. The highest BCUT2D eigenvalue weighted by atomic mass is 19.1. The number of carbonyl (C=O) groups excluding carboxylic acids is 1. The maximum absolute atomic E-state index is 13.1. The van der Waals surface area contributed by atoms with Crippen LogP contribution in [0, 0.1) is 17.6 Å². The maximum atomic E-state index is 13.1. The van der Waals surface area contributed by atoms with E-state index in [2.05, 4.69) is 0 Å². The van der Waals surface area contributed by atoms with Crippen LogP contribution in [0.5, 0.6) is 0 Å². The van der Waals surface area contributed by atoms with Crippen molar-refractivity contribution in [1.29, 1.82) is 0 Å². The lowest BCUT2D eigenvalue weighted by Crippen LogP contribution is -2.12. The zero-order valence-electron chi connectivity index (χ0n) is 8.18. The van der Waals surface area contributed by atoms with Crippen LogP contribution in [0.1, 0.15) is 30.6 Å². The molecule has 1 unspecified atom stereocenters. The molecule has 0 bridgehead atoms. The molecule has 0 aliphatic heterocycles. The fourth-order valence-corrected chi connectivity index (χ4v) is 1.14. The van der Waals surface area contributed by atoms with Gasteiger partial charge in [-0.25, -0.2) is 8.78 Å². The van der Waals surface area contributed by atoms with E-state index < -0.39 is 11.6 Å². The molecular formula is C11H12F2O.